The fourth-order valence-electron chi connectivity index (χ4n) is 4.36. The van der Waals surface area contributed by atoms with E-state index in [0.717, 1.165) is 12.1 Å². The number of hydrogen-bond donors (Lipinski definition) is 1. The Hall–Kier alpha value is -0.120. The van der Waals surface area contributed by atoms with Crippen LogP contribution in [0.5, 0.6) is 0 Å². The van der Waals surface area contributed by atoms with Gasteiger partial charge in [0.1, 0.15) is 0 Å². The molecule has 1 saturated carbocycles. The van der Waals surface area contributed by atoms with E-state index in [-0.39, 0.29) is 0 Å². The lowest BCUT2D eigenvalue weighted by molar-refractivity contribution is 0.0899. The van der Waals surface area contributed by atoms with Gasteiger partial charge in [0.2, 0.25) is 0 Å². The van der Waals surface area contributed by atoms with E-state index >= 15 is 0 Å². The van der Waals surface area contributed by atoms with Crippen molar-refractivity contribution in [1.29, 1.82) is 0 Å². The summed E-state index contributed by atoms with van der Waals surface area (Å²) in [6.45, 7) is 9.85. The molecule has 1 aliphatic carbocycles. The molecule has 0 spiro atoms. The Balaban J connectivity index is 1.91. The summed E-state index contributed by atoms with van der Waals surface area (Å²) in [4.78, 5) is 5.56. The maximum absolute atomic E-state index is 6.10. The highest BCUT2D eigenvalue weighted by Gasteiger charge is 2.29. The molecular formula is C18H37N3. The summed E-state index contributed by atoms with van der Waals surface area (Å²) in [5, 5.41) is 0. The maximum atomic E-state index is 6.10. The van der Waals surface area contributed by atoms with E-state index in [0.29, 0.717) is 6.04 Å². The van der Waals surface area contributed by atoms with E-state index in [1.54, 1.807) is 0 Å². The van der Waals surface area contributed by atoms with Crippen molar-refractivity contribution in [2.24, 2.45) is 5.73 Å². The molecule has 0 aromatic heterocycles. The van der Waals surface area contributed by atoms with E-state index in [1.165, 1.54) is 84.0 Å². The van der Waals surface area contributed by atoms with Gasteiger partial charge in [0.05, 0.1) is 0 Å². The molecular weight excluding hydrogens is 258 g/mol. The Morgan fingerprint density at radius 2 is 1.62 bits per heavy atom. The molecule has 0 aromatic carbocycles. The topological polar surface area (TPSA) is 32.5 Å². The largest absolute Gasteiger partial charge is 0.328 e. The Kier molecular flexibility index (Phi) is 7.48. The highest BCUT2D eigenvalue weighted by Crippen LogP contribution is 2.27. The van der Waals surface area contributed by atoms with Crippen molar-refractivity contribution in [3.8, 4) is 0 Å². The minimum absolute atomic E-state index is 0.471. The van der Waals surface area contributed by atoms with E-state index in [9.17, 15) is 0 Å². The fraction of sp³-hybridized carbons (Fsp3) is 1.00. The second-order valence-electron chi connectivity index (χ2n) is 7.23. The van der Waals surface area contributed by atoms with Gasteiger partial charge in [-0.15, -0.1) is 0 Å². The fourth-order valence-corrected chi connectivity index (χ4v) is 4.36. The molecule has 1 heterocycles. The standard InChI is InChI=1S/C18H37N3/c1-3-12-20-14-5-6-17(11-15-20)21(13-4-2)18-9-7-16(19)8-10-18/h16-18H,3-15,19H2,1-2H3. The third-order valence-electron chi connectivity index (χ3n) is 5.49. The van der Waals surface area contributed by atoms with Crippen molar-refractivity contribution in [3.63, 3.8) is 0 Å². The molecule has 21 heavy (non-hydrogen) atoms. The highest BCUT2D eigenvalue weighted by molar-refractivity contribution is 4.86. The third-order valence-corrected chi connectivity index (χ3v) is 5.49. The molecule has 0 radical (unpaired) electrons. The van der Waals surface area contributed by atoms with Crippen LogP contribution in [0.4, 0.5) is 0 Å². The second-order valence-corrected chi connectivity index (χ2v) is 7.23. The molecule has 1 unspecified atom stereocenters. The summed E-state index contributed by atoms with van der Waals surface area (Å²) < 4.78 is 0. The molecule has 2 fully saturated rings. The lowest BCUT2D eigenvalue weighted by atomic mass is 9.89. The lowest BCUT2D eigenvalue weighted by Crippen LogP contribution is -2.47. The Bertz CT molecular complexity index is 274. The van der Waals surface area contributed by atoms with Crippen LogP contribution in [0.2, 0.25) is 0 Å². The van der Waals surface area contributed by atoms with Crippen molar-refractivity contribution in [2.75, 3.05) is 26.2 Å². The zero-order valence-corrected chi connectivity index (χ0v) is 14.4. The van der Waals surface area contributed by atoms with Crippen LogP contribution in [0.1, 0.15) is 71.6 Å². The van der Waals surface area contributed by atoms with Gasteiger partial charge in [-0.05, 0) is 84.0 Å². The number of hydrogen-bond acceptors (Lipinski definition) is 3. The first kappa shape index (κ1) is 17.2. The molecule has 2 rings (SSSR count). The first-order valence-electron chi connectivity index (χ1n) is 9.48. The van der Waals surface area contributed by atoms with Gasteiger partial charge in [-0.3, -0.25) is 4.90 Å². The molecule has 1 aliphatic heterocycles. The SMILES string of the molecule is CCCN1CCCC(N(CCC)C2CCC(N)CC2)CC1. The lowest BCUT2D eigenvalue weighted by Gasteiger charge is -2.41. The van der Waals surface area contributed by atoms with E-state index in [2.05, 4.69) is 23.6 Å². The highest BCUT2D eigenvalue weighted by atomic mass is 15.2. The van der Waals surface area contributed by atoms with E-state index < -0.39 is 0 Å². The molecule has 1 saturated heterocycles. The molecule has 0 bridgehead atoms. The van der Waals surface area contributed by atoms with Crippen molar-refractivity contribution < 1.29 is 0 Å². The van der Waals surface area contributed by atoms with Crippen molar-refractivity contribution in [3.05, 3.63) is 0 Å². The van der Waals surface area contributed by atoms with Crippen molar-refractivity contribution in [1.82, 2.24) is 9.80 Å². The Morgan fingerprint density at radius 1 is 0.905 bits per heavy atom. The minimum Gasteiger partial charge on any atom is -0.328 e. The van der Waals surface area contributed by atoms with Crippen LogP contribution in [0, 0.1) is 0 Å². The van der Waals surface area contributed by atoms with Crippen LogP contribution < -0.4 is 5.73 Å². The van der Waals surface area contributed by atoms with Gasteiger partial charge in [-0.1, -0.05) is 13.8 Å². The average Bonchev–Trinajstić information content (AvgIpc) is 2.72. The zero-order valence-electron chi connectivity index (χ0n) is 14.4. The van der Waals surface area contributed by atoms with Crippen LogP contribution in [0.15, 0.2) is 0 Å². The summed E-state index contributed by atoms with van der Waals surface area (Å²) in [6.07, 6.45) is 11.9. The zero-order chi connectivity index (χ0) is 15.1. The summed E-state index contributed by atoms with van der Waals surface area (Å²) in [7, 11) is 0. The summed E-state index contributed by atoms with van der Waals surface area (Å²) in [6, 6.07) is 2.11. The second kappa shape index (κ2) is 9.12. The first-order chi connectivity index (χ1) is 10.2. The minimum atomic E-state index is 0.471. The predicted molar refractivity (Wildman–Crippen MR) is 91.6 cm³/mol. The van der Waals surface area contributed by atoms with Crippen molar-refractivity contribution in [2.45, 2.75) is 89.8 Å². The van der Waals surface area contributed by atoms with Gasteiger partial charge in [-0.2, -0.15) is 0 Å². The van der Waals surface area contributed by atoms with Crippen LogP contribution in [-0.4, -0.2) is 54.1 Å². The quantitative estimate of drug-likeness (QED) is 0.816. The summed E-state index contributed by atoms with van der Waals surface area (Å²) in [5.74, 6) is 0. The van der Waals surface area contributed by atoms with Crippen LogP contribution in [-0.2, 0) is 0 Å². The normalized spacial score (nSPS) is 32.3. The molecule has 0 aromatic rings. The van der Waals surface area contributed by atoms with E-state index in [1.807, 2.05) is 0 Å². The monoisotopic (exact) mass is 295 g/mol. The molecule has 2 aliphatic rings. The van der Waals surface area contributed by atoms with Gasteiger partial charge < -0.3 is 10.6 Å². The smallest absolute Gasteiger partial charge is 0.0111 e. The van der Waals surface area contributed by atoms with Gasteiger partial charge >= 0.3 is 0 Å². The predicted octanol–water partition coefficient (Wildman–Crippen LogP) is 3.23. The number of nitrogens with zero attached hydrogens (tertiary/aromatic N) is 2. The number of nitrogens with two attached hydrogens (primary N) is 1. The molecule has 1 atom stereocenters. The molecule has 3 nitrogen and oxygen atoms in total. The average molecular weight is 296 g/mol. The maximum Gasteiger partial charge on any atom is 0.0111 e. The molecule has 0 amide bonds. The summed E-state index contributed by atoms with van der Waals surface area (Å²) >= 11 is 0. The van der Waals surface area contributed by atoms with Gasteiger partial charge in [0.15, 0.2) is 0 Å². The van der Waals surface area contributed by atoms with Gasteiger partial charge in [0.25, 0.3) is 0 Å². The van der Waals surface area contributed by atoms with Gasteiger partial charge in [-0.25, -0.2) is 0 Å². The molecule has 2 N–H and O–H groups in total. The molecule has 124 valence electrons. The van der Waals surface area contributed by atoms with Crippen LogP contribution >= 0.6 is 0 Å². The van der Waals surface area contributed by atoms with E-state index in [4.69, 9.17) is 5.73 Å². The first-order valence-corrected chi connectivity index (χ1v) is 9.48. The van der Waals surface area contributed by atoms with Crippen LogP contribution in [0.25, 0.3) is 0 Å². The van der Waals surface area contributed by atoms with Crippen LogP contribution in [0.3, 0.4) is 0 Å². The number of rotatable bonds is 6. The number of likely N-dealkylation sites (tertiary alicyclic amines) is 1. The third kappa shape index (κ3) is 5.22. The van der Waals surface area contributed by atoms with Gasteiger partial charge in [0, 0.05) is 18.1 Å². The Labute approximate surface area is 132 Å². The summed E-state index contributed by atoms with van der Waals surface area (Å²) in [5.41, 5.74) is 6.10. The molecule has 3 heteroatoms. The van der Waals surface area contributed by atoms with Crippen molar-refractivity contribution >= 4 is 0 Å². The Morgan fingerprint density at radius 3 is 2.29 bits per heavy atom.